The molecule has 5 rings (SSSR count). The van der Waals surface area contributed by atoms with Gasteiger partial charge in [0, 0.05) is 30.3 Å². The van der Waals surface area contributed by atoms with E-state index in [0.717, 1.165) is 5.69 Å². The first-order valence-electron chi connectivity index (χ1n) is 10.3. The molecule has 1 aliphatic rings. The summed E-state index contributed by atoms with van der Waals surface area (Å²) in [5.74, 6) is -0.262. The van der Waals surface area contributed by atoms with Crippen LogP contribution in [0.4, 0.5) is 8.78 Å². The van der Waals surface area contributed by atoms with Gasteiger partial charge in [-0.05, 0) is 18.2 Å². The first-order chi connectivity index (χ1) is 15.7. The second-order valence-electron chi connectivity index (χ2n) is 8.73. The van der Waals surface area contributed by atoms with Crippen LogP contribution in [-0.4, -0.2) is 53.7 Å². The van der Waals surface area contributed by atoms with E-state index in [9.17, 15) is 13.6 Å². The van der Waals surface area contributed by atoms with Gasteiger partial charge in [0.25, 0.3) is 0 Å². The van der Waals surface area contributed by atoms with Gasteiger partial charge in [0.05, 0.1) is 17.7 Å². The van der Waals surface area contributed by atoms with E-state index in [-0.39, 0.29) is 11.6 Å². The lowest BCUT2D eigenvalue weighted by Gasteiger charge is -2.32. The maximum absolute atomic E-state index is 13.4. The Balaban J connectivity index is 1.57. The van der Waals surface area contributed by atoms with Crippen LogP contribution in [0.5, 0.6) is 5.75 Å². The third kappa shape index (κ3) is 3.70. The number of ether oxygens (including phenoxy) is 1. The topological polar surface area (TPSA) is 114 Å². The van der Waals surface area contributed by atoms with Gasteiger partial charge >= 0.3 is 18.4 Å². The molecule has 1 aliphatic heterocycles. The van der Waals surface area contributed by atoms with Crippen molar-refractivity contribution < 1.29 is 22.7 Å². The zero-order valence-electron chi connectivity index (χ0n) is 18.1. The molecule has 4 aromatic heterocycles. The summed E-state index contributed by atoms with van der Waals surface area (Å²) in [5, 5.41) is 12.5. The highest BCUT2D eigenvalue weighted by molar-refractivity contribution is 5.90. The normalized spacial score (nSPS) is 16.4. The minimum Gasteiger partial charge on any atom is -0.433 e. The van der Waals surface area contributed by atoms with E-state index in [1.54, 1.807) is 29.6 Å². The number of carbonyl (C=O) groups excluding carboxylic acids is 1. The highest BCUT2D eigenvalue weighted by Gasteiger charge is 2.38. The van der Waals surface area contributed by atoms with Crippen LogP contribution in [0.1, 0.15) is 60.5 Å². The molecule has 0 bridgehead atoms. The number of fused-ring (bicyclic) bond motifs is 2. The van der Waals surface area contributed by atoms with Gasteiger partial charge in [-0.3, -0.25) is 4.79 Å². The molecular formula is C21H21F2N7O3. The number of nitrogens with one attached hydrogen (secondary N) is 1. The summed E-state index contributed by atoms with van der Waals surface area (Å²) in [7, 11) is 0. The molecule has 0 saturated heterocycles. The minimum atomic E-state index is -2.98. The molecule has 1 atom stereocenters. The van der Waals surface area contributed by atoms with Gasteiger partial charge in [-0.15, -0.1) is 10.2 Å². The average Bonchev–Trinajstić information content (AvgIpc) is 3.50. The van der Waals surface area contributed by atoms with Crippen LogP contribution in [0.2, 0.25) is 0 Å². The maximum Gasteiger partial charge on any atom is 0.387 e. The van der Waals surface area contributed by atoms with Gasteiger partial charge in [0.15, 0.2) is 5.75 Å². The second-order valence-corrected chi connectivity index (χ2v) is 8.73. The lowest BCUT2D eigenvalue weighted by Crippen LogP contribution is -2.41. The molecule has 1 amide bonds. The number of H-pyrrole nitrogens is 1. The Kier molecular flexibility index (Phi) is 4.87. The van der Waals surface area contributed by atoms with E-state index in [0.29, 0.717) is 35.8 Å². The van der Waals surface area contributed by atoms with Crippen LogP contribution in [0, 0.1) is 0 Å². The molecule has 0 unspecified atom stereocenters. The van der Waals surface area contributed by atoms with Crippen molar-refractivity contribution in [1.29, 1.82) is 0 Å². The van der Waals surface area contributed by atoms with E-state index in [1.807, 2.05) is 20.8 Å². The lowest BCUT2D eigenvalue weighted by molar-refractivity contribution is -0.0490. The molecule has 1 N–H and O–H groups in total. The fourth-order valence-corrected chi connectivity index (χ4v) is 3.87. The van der Waals surface area contributed by atoms with Crippen LogP contribution in [0.3, 0.4) is 0 Å². The zero-order valence-corrected chi connectivity index (χ0v) is 18.1. The van der Waals surface area contributed by atoms with E-state index in [2.05, 4.69) is 30.0 Å². The summed E-state index contributed by atoms with van der Waals surface area (Å²) >= 11 is 0. The predicted octanol–water partition coefficient (Wildman–Crippen LogP) is 3.13. The number of hydrogen-bond donors (Lipinski definition) is 1. The number of carbonyl (C=O) groups is 1. The number of hydrogen-bond acceptors (Lipinski definition) is 7. The molecule has 0 radical (unpaired) electrons. The number of amides is 1. The third-order valence-corrected chi connectivity index (χ3v) is 5.41. The smallest absolute Gasteiger partial charge is 0.387 e. The van der Waals surface area contributed by atoms with Crippen molar-refractivity contribution in [1.82, 2.24) is 34.7 Å². The highest BCUT2D eigenvalue weighted by Crippen LogP contribution is 2.35. The molecule has 0 spiro atoms. The van der Waals surface area contributed by atoms with Crippen molar-refractivity contribution in [3.8, 4) is 5.75 Å². The van der Waals surface area contributed by atoms with E-state index in [4.69, 9.17) is 4.42 Å². The molecule has 4 aromatic rings. The molecule has 172 valence electrons. The number of rotatable bonds is 4. The quantitative estimate of drug-likeness (QED) is 0.501. The first-order valence-corrected chi connectivity index (χ1v) is 10.3. The molecule has 10 nitrogen and oxygen atoms in total. The number of alkyl halides is 2. The Morgan fingerprint density at radius 3 is 2.88 bits per heavy atom. The average molecular weight is 457 g/mol. The zero-order chi connectivity index (χ0) is 23.3. The van der Waals surface area contributed by atoms with Gasteiger partial charge < -0.3 is 19.0 Å². The van der Waals surface area contributed by atoms with Crippen molar-refractivity contribution in [2.24, 2.45) is 0 Å². The van der Waals surface area contributed by atoms with Gasteiger partial charge in [-0.25, -0.2) is 9.50 Å². The number of pyridine rings is 1. The number of nitrogens with zero attached hydrogens (tertiary/aromatic N) is 6. The van der Waals surface area contributed by atoms with Crippen LogP contribution in [0.15, 0.2) is 35.1 Å². The summed E-state index contributed by atoms with van der Waals surface area (Å²) in [6.07, 6.45) is 3.72. The predicted molar refractivity (Wildman–Crippen MR) is 110 cm³/mol. The van der Waals surface area contributed by atoms with Crippen molar-refractivity contribution in [3.05, 3.63) is 59.6 Å². The van der Waals surface area contributed by atoms with Crippen LogP contribution < -0.4 is 4.74 Å². The number of aromatic amines is 1. The Bertz CT molecular complexity index is 1320. The molecule has 12 heteroatoms. The van der Waals surface area contributed by atoms with Gasteiger partial charge in [0.2, 0.25) is 5.89 Å². The third-order valence-electron chi connectivity index (χ3n) is 5.41. The van der Waals surface area contributed by atoms with Crippen molar-refractivity contribution >= 4 is 11.4 Å². The largest absolute Gasteiger partial charge is 0.433 e. The summed E-state index contributed by atoms with van der Waals surface area (Å²) in [6, 6.07) is 3.92. The van der Waals surface area contributed by atoms with Crippen LogP contribution >= 0.6 is 0 Å². The number of imidazole rings is 1. The van der Waals surface area contributed by atoms with Crippen molar-refractivity contribution in [3.63, 3.8) is 0 Å². The standard InChI is InChI=1S/C21H21F2N7O3/c1-21(2,3)19-27-26-17(33-19)18(31)29-8-6-11-15(25-10-24-11)16(29)12-9-13-14(32-20(22)23)5-4-7-30(13)28-12/h4-5,7,9-10,16,20H,6,8H2,1-3H3,(H,24,25)/t16-/m0/s1. The fourth-order valence-electron chi connectivity index (χ4n) is 3.87. The Morgan fingerprint density at radius 1 is 1.33 bits per heavy atom. The maximum atomic E-state index is 13.4. The van der Waals surface area contributed by atoms with Gasteiger partial charge in [-0.1, -0.05) is 20.8 Å². The minimum absolute atomic E-state index is 0.0195. The van der Waals surface area contributed by atoms with Crippen molar-refractivity contribution in [2.45, 2.75) is 45.3 Å². The number of aromatic nitrogens is 6. The SMILES string of the molecule is CC(C)(C)c1nnc(C(=O)N2CCc3[nH]cnc3[C@@H]2c2cc3c(OC(F)F)cccn3n2)o1. The first kappa shape index (κ1) is 21.0. The molecule has 0 fully saturated rings. The summed E-state index contributed by atoms with van der Waals surface area (Å²) in [6.45, 7) is 3.09. The van der Waals surface area contributed by atoms with E-state index >= 15 is 0 Å². The molecular weight excluding hydrogens is 436 g/mol. The monoisotopic (exact) mass is 457 g/mol. The van der Waals surface area contributed by atoms with Gasteiger partial charge in [0.1, 0.15) is 11.6 Å². The summed E-state index contributed by atoms with van der Waals surface area (Å²) in [5.41, 5.74) is 1.86. The fraction of sp³-hybridized carbons (Fsp3) is 0.381. The van der Waals surface area contributed by atoms with Crippen LogP contribution in [0.25, 0.3) is 5.52 Å². The molecule has 0 aliphatic carbocycles. The number of halogens is 2. The van der Waals surface area contributed by atoms with Gasteiger partial charge in [-0.2, -0.15) is 13.9 Å². The Morgan fingerprint density at radius 2 is 2.15 bits per heavy atom. The lowest BCUT2D eigenvalue weighted by atomic mass is 9.97. The van der Waals surface area contributed by atoms with Crippen LogP contribution in [-0.2, 0) is 11.8 Å². The molecule has 0 saturated carbocycles. The molecule has 5 heterocycles. The van der Waals surface area contributed by atoms with E-state index in [1.165, 1.54) is 10.6 Å². The van der Waals surface area contributed by atoms with E-state index < -0.39 is 24.0 Å². The summed E-state index contributed by atoms with van der Waals surface area (Å²) < 4.78 is 37.5. The molecule has 33 heavy (non-hydrogen) atoms. The second kappa shape index (κ2) is 7.64. The Hall–Kier alpha value is -3.83. The highest BCUT2D eigenvalue weighted by atomic mass is 19.3. The Labute approximate surface area is 186 Å². The molecule has 0 aromatic carbocycles. The summed E-state index contributed by atoms with van der Waals surface area (Å²) in [4.78, 5) is 22.5. The van der Waals surface area contributed by atoms with Crippen molar-refractivity contribution in [2.75, 3.05) is 6.54 Å².